The first-order valence-electron chi connectivity index (χ1n) is 6.17. The number of amides is 1. The van der Waals surface area contributed by atoms with Crippen molar-refractivity contribution in [3.05, 3.63) is 40.0 Å². The molecule has 0 saturated carbocycles. The number of carbonyl (C=O) groups is 1. The Morgan fingerprint density at radius 2 is 2.19 bits per heavy atom. The second-order valence-corrected chi connectivity index (χ2v) is 5.91. The molecule has 0 atom stereocenters. The van der Waals surface area contributed by atoms with Crippen LogP contribution in [0, 0.1) is 25.2 Å². The van der Waals surface area contributed by atoms with Gasteiger partial charge in [0.25, 0.3) is 5.91 Å². The first kappa shape index (κ1) is 13.3. The number of nitrogens with two attached hydrogens (primary N) is 1. The van der Waals surface area contributed by atoms with Crippen LogP contribution in [0.1, 0.15) is 26.5 Å². The topological polar surface area (TPSA) is 97.1 Å². The van der Waals surface area contributed by atoms with E-state index >= 15 is 0 Å². The number of hydrogen-bond acceptors (Lipinski definition) is 5. The minimum Gasteiger partial charge on any atom is -0.365 e. The fourth-order valence-corrected chi connectivity index (χ4v) is 3.11. The number of nitrogens with zero attached hydrogens (tertiary/aromatic N) is 4. The lowest BCUT2D eigenvalue weighted by molar-refractivity contribution is 0.100. The normalized spacial score (nSPS) is 10.7. The number of thiophene rings is 1. The summed E-state index contributed by atoms with van der Waals surface area (Å²) in [7, 11) is 0. The van der Waals surface area contributed by atoms with E-state index in [-0.39, 0.29) is 5.56 Å². The maximum Gasteiger partial charge on any atom is 0.254 e. The van der Waals surface area contributed by atoms with Crippen molar-refractivity contribution in [2.45, 2.75) is 13.8 Å². The zero-order valence-electron chi connectivity index (χ0n) is 11.4. The van der Waals surface area contributed by atoms with Crippen LogP contribution < -0.4 is 5.73 Å². The van der Waals surface area contributed by atoms with E-state index in [1.807, 2.05) is 26.0 Å². The predicted molar refractivity (Wildman–Crippen MR) is 79.0 cm³/mol. The van der Waals surface area contributed by atoms with Gasteiger partial charge < -0.3 is 5.73 Å². The van der Waals surface area contributed by atoms with Crippen molar-refractivity contribution in [2.24, 2.45) is 5.73 Å². The number of nitriles is 1. The minimum atomic E-state index is -0.572. The summed E-state index contributed by atoms with van der Waals surface area (Å²) in [5.41, 5.74) is 8.07. The highest BCUT2D eigenvalue weighted by molar-refractivity contribution is 7.15. The largest absolute Gasteiger partial charge is 0.365 e. The average molecular weight is 297 g/mol. The van der Waals surface area contributed by atoms with Crippen LogP contribution >= 0.6 is 11.3 Å². The van der Waals surface area contributed by atoms with Gasteiger partial charge in [-0.25, -0.2) is 9.50 Å². The molecule has 3 rings (SSSR count). The Morgan fingerprint density at radius 3 is 2.86 bits per heavy atom. The molecule has 3 heterocycles. The van der Waals surface area contributed by atoms with E-state index in [0.717, 1.165) is 15.4 Å². The smallest absolute Gasteiger partial charge is 0.254 e. The molecule has 0 bridgehead atoms. The van der Waals surface area contributed by atoms with Gasteiger partial charge in [-0.2, -0.15) is 10.4 Å². The summed E-state index contributed by atoms with van der Waals surface area (Å²) in [6.45, 7) is 3.80. The van der Waals surface area contributed by atoms with E-state index in [4.69, 9.17) is 5.73 Å². The molecule has 0 unspecified atom stereocenters. The molecule has 0 aliphatic carbocycles. The molecule has 3 aromatic rings. The summed E-state index contributed by atoms with van der Waals surface area (Å²) >= 11 is 1.50. The number of primary amides is 1. The quantitative estimate of drug-likeness (QED) is 0.782. The predicted octanol–water partition coefficient (Wildman–Crippen LogP) is 2.05. The van der Waals surface area contributed by atoms with Gasteiger partial charge in [-0.15, -0.1) is 11.3 Å². The third-order valence-corrected chi connectivity index (χ3v) is 4.20. The van der Waals surface area contributed by atoms with Gasteiger partial charge in [0.1, 0.15) is 11.6 Å². The number of carbonyl (C=O) groups excluding carboxylic acids is 1. The Hall–Kier alpha value is -2.72. The molecule has 0 aliphatic rings. The lowest BCUT2D eigenvalue weighted by Crippen LogP contribution is -2.11. The van der Waals surface area contributed by atoms with Crippen molar-refractivity contribution >= 4 is 22.9 Å². The first-order valence-corrected chi connectivity index (χ1v) is 6.99. The maximum absolute atomic E-state index is 11.4. The second kappa shape index (κ2) is 4.68. The third-order valence-electron chi connectivity index (χ3n) is 3.12. The second-order valence-electron chi connectivity index (χ2n) is 4.65. The van der Waals surface area contributed by atoms with Gasteiger partial charge in [-0.1, -0.05) is 0 Å². The summed E-state index contributed by atoms with van der Waals surface area (Å²) in [5.74, 6) is -0.572. The van der Waals surface area contributed by atoms with Crippen molar-refractivity contribution in [2.75, 3.05) is 0 Å². The van der Waals surface area contributed by atoms with E-state index in [1.54, 1.807) is 4.52 Å². The van der Waals surface area contributed by atoms with Gasteiger partial charge in [0, 0.05) is 10.6 Å². The number of fused-ring (bicyclic) bond motifs is 1. The van der Waals surface area contributed by atoms with Gasteiger partial charge in [0.05, 0.1) is 22.3 Å². The Bertz CT molecular complexity index is 915. The Kier molecular flexibility index (Phi) is 2.96. The molecular formula is C14H11N5OS. The van der Waals surface area contributed by atoms with E-state index in [0.29, 0.717) is 16.9 Å². The Labute approximate surface area is 124 Å². The molecule has 0 aromatic carbocycles. The third kappa shape index (κ3) is 2.06. The summed E-state index contributed by atoms with van der Waals surface area (Å²) in [6.07, 6.45) is 1.41. The molecule has 7 heteroatoms. The zero-order valence-corrected chi connectivity index (χ0v) is 12.2. The van der Waals surface area contributed by atoms with Gasteiger partial charge in [-0.3, -0.25) is 4.79 Å². The van der Waals surface area contributed by atoms with Crippen molar-refractivity contribution in [3.8, 4) is 16.6 Å². The molecule has 104 valence electrons. The summed E-state index contributed by atoms with van der Waals surface area (Å²) < 4.78 is 1.57. The molecule has 21 heavy (non-hydrogen) atoms. The van der Waals surface area contributed by atoms with Crippen molar-refractivity contribution in [1.29, 1.82) is 5.26 Å². The van der Waals surface area contributed by atoms with Crippen molar-refractivity contribution in [1.82, 2.24) is 14.6 Å². The van der Waals surface area contributed by atoms with Gasteiger partial charge in [-0.05, 0) is 26.0 Å². The SMILES string of the molecule is Cc1cc(C#N)c(-c2cc(C)n3ncc(C(N)=O)c3n2)s1. The summed E-state index contributed by atoms with van der Waals surface area (Å²) in [6, 6.07) is 5.84. The molecule has 0 fully saturated rings. The van der Waals surface area contributed by atoms with Gasteiger partial charge >= 0.3 is 0 Å². The molecule has 2 N–H and O–H groups in total. The van der Waals surface area contributed by atoms with Crippen LogP contribution in [0.25, 0.3) is 16.2 Å². The van der Waals surface area contributed by atoms with Crippen molar-refractivity contribution in [3.63, 3.8) is 0 Å². The molecular weight excluding hydrogens is 286 g/mol. The van der Waals surface area contributed by atoms with Crippen LogP contribution in [-0.2, 0) is 0 Å². The monoisotopic (exact) mass is 297 g/mol. The molecule has 0 saturated heterocycles. The summed E-state index contributed by atoms with van der Waals surface area (Å²) in [5, 5.41) is 13.3. The Morgan fingerprint density at radius 1 is 1.43 bits per heavy atom. The average Bonchev–Trinajstić information content (AvgIpc) is 3.01. The molecule has 3 aromatic heterocycles. The number of aromatic nitrogens is 3. The van der Waals surface area contributed by atoms with E-state index < -0.39 is 5.91 Å². The highest BCUT2D eigenvalue weighted by atomic mass is 32.1. The fourth-order valence-electron chi connectivity index (χ4n) is 2.19. The zero-order chi connectivity index (χ0) is 15.1. The molecule has 1 amide bonds. The Balaban J connectivity index is 2.31. The van der Waals surface area contributed by atoms with Crippen LogP contribution in [0.15, 0.2) is 18.3 Å². The molecule has 0 radical (unpaired) electrons. The molecule has 6 nitrogen and oxygen atoms in total. The van der Waals surface area contributed by atoms with E-state index in [2.05, 4.69) is 16.2 Å². The first-order chi connectivity index (χ1) is 10.0. The molecule has 0 aliphatic heterocycles. The van der Waals surface area contributed by atoms with Crippen LogP contribution in [0.5, 0.6) is 0 Å². The van der Waals surface area contributed by atoms with Crippen LogP contribution in [0.3, 0.4) is 0 Å². The molecule has 0 spiro atoms. The minimum absolute atomic E-state index is 0.270. The number of hydrogen-bond donors (Lipinski definition) is 1. The van der Waals surface area contributed by atoms with Crippen LogP contribution in [0.2, 0.25) is 0 Å². The lowest BCUT2D eigenvalue weighted by Gasteiger charge is -2.04. The fraction of sp³-hybridized carbons (Fsp3) is 0.143. The number of rotatable bonds is 2. The van der Waals surface area contributed by atoms with Crippen molar-refractivity contribution < 1.29 is 4.79 Å². The van der Waals surface area contributed by atoms with Gasteiger partial charge in [0.15, 0.2) is 5.65 Å². The van der Waals surface area contributed by atoms with E-state index in [1.165, 1.54) is 17.5 Å². The van der Waals surface area contributed by atoms with E-state index in [9.17, 15) is 10.1 Å². The standard InChI is InChI=1S/C14H11N5OS/c1-7-3-11(12-9(5-15)4-8(2)21-12)18-14-10(13(16)20)6-17-19(7)14/h3-4,6H,1-2H3,(H2,16,20). The summed E-state index contributed by atoms with van der Waals surface area (Å²) in [4.78, 5) is 17.7. The van der Waals surface area contributed by atoms with Gasteiger partial charge in [0.2, 0.25) is 0 Å². The highest BCUT2D eigenvalue weighted by Crippen LogP contribution is 2.31. The number of aryl methyl sites for hydroxylation is 2. The highest BCUT2D eigenvalue weighted by Gasteiger charge is 2.16. The lowest BCUT2D eigenvalue weighted by atomic mass is 10.2. The van der Waals surface area contributed by atoms with Crippen LogP contribution in [0.4, 0.5) is 0 Å². The maximum atomic E-state index is 11.4. The van der Waals surface area contributed by atoms with Crippen LogP contribution in [-0.4, -0.2) is 20.5 Å².